The minimum absolute atomic E-state index is 0.512. The molecule has 0 fully saturated rings. The Balaban J connectivity index is 2.75. The van der Waals surface area contributed by atoms with E-state index in [1.807, 2.05) is 0 Å². The summed E-state index contributed by atoms with van der Waals surface area (Å²) in [5.41, 5.74) is 0.610. The van der Waals surface area contributed by atoms with Crippen molar-refractivity contribution in [3.8, 4) is 0 Å². The van der Waals surface area contributed by atoms with Gasteiger partial charge in [0.15, 0.2) is 16.1 Å². The second-order valence-electron chi connectivity index (χ2n) is 2.65. The molecule has 0 aliphatic carbocycles. The molecule has 13 heavy (non-hydrogen) atoms. The van der Waals surface area contributed by atoms with Gasteiger partial charge in [-0.15, -0.1) is 10.2 Å². The first-order valence-electron chi connectivity index (χ1n) is 3.73. The zero-order valence-electron chi connectivity index (χ0n) is 6.85. The van der Waals surface area contributed by atoms with Crippen molar-refractivity contribution in [3.05, 3.63) is 22.8 Å². The number of nitrogens with zero attached hydrogens (tertiary/aromatic N) is 4. The Labute approximate surface area is 82.6 Å². The molecule has 0 saturated heterocycles. The van der Waals surface area contributed by atoms with Crippen LogP contribution in [0.25, 0.3) is 5.65 Å². The van der Waals surface area contributed by atoms with Crippen molar-refractivity contribution in [2.75, 3.05) is 0 Å². The van der Waals surface area contributed by atoms with Crippen molar-refractivity contribution in [1.29, 1.82) is 0 Å². The van der Waals surface area contributed by atoms with Crippen LogP contribution in [0.15, 0.2) is 17.0 Å². The standard InChI is InChI=1S/C7H7BrN4O/c1-4(13)6-10-11-7-5(8)9-2-3-12(6)7/h2-4,13H,1H3/t4-/m0/s1. The highest BCUT2D eigenvalue weighted by atomic mass is 79.9. The van der Waals surface area contributed by atoms with Gasteiger partial charge in [-0.25, -0.2) is 4.98 Å². The minimum atomic E-state index is -0.635. The molecule has 1 atom stereocenters. The Kier molecular flexibility index (Phi) is 2.01. The number of aromatic nitrogens is 4. The third kappa shape index (κ3) is 1.31. The lowest BCUT2D eigenvalue weighted by molar-refractivity contribution is 0.187. The van der Waals surface area contributed by atoms with E-state index in [1.165, 1.54) is 0 Å². The SMILES string of the molecule is C[C@H](O)c1nnc2c(Br)nccn12. The monoisotopic (exact) mass is 242 g/mol. The molecule has 0 radical (unpaired) electrons. The average Bonchev–Trinajstić information content (AvgIpc) is 2.48. The van der Waals surface area contributed by atoms with E-state index >= 15 is 0 Å². The first kappa shape index (κ1) is 8.58. The van der Waals surface area contributed by atoms with Gasteiger partial charge < -0.3 is 5.11 Å². The van der Waals surface area contributed by atoms with E-state index in [-0.39, 0.29) is 0 Å². The molecule has 0 aliphatic heterocycles. The maximum atomic E-state index is 9.34. The van der Waals surface area contributed by atoms with Crippen LogP contribution >= 0.6 is 15.9 Å². The van der Waals surface area contributed by atoms with E-state index in [0.29, 0.717) is 16.1 Å². The van der Waals surface area contributed by atoms with Gasteiger partial charge >= 0.3 is 0 Å². The van der Waals surface area contributed by atoms with Gasteiger partial charge in [0.1, 0.15) is 6.10 Å². The lowest BCUT2D eigenvalue weighted by Crippen LogP contribution is -1.99. The molecule has 0 amide bonds. The number of fused-ring (bicyclic) bond motifs is 1. The first-order chi connectivity index (χ1) is 6.20. The van der Waals surface area contributed by atoms with Crippen LogP contribution in [0.5, 0.6) is 0 Å². The third-order valence-corrected chi connectivity index (χ3v) is 2.24. The third-order valence-electron chi connectivity index (χ3n) is 1.68. The molecule has 2 heterocycles. The number of rotatable bonds is 1. The van der Waals surface area contributed by atoms with E-state index in [0.717, 1.165) is 0 Å². The van der Waals surface area contributed by atoms with Crippen molar-refractivity contribution in [2.24, 2.45) is 0 Å². The van der Waals surface area contributed by atoms with Crippen LogP contribution in [0.1, 0.15) is 18.9 Å². The Morgan fingerprint density at radius 3 is 3.00 bits per heavy atom. The van der Waals surface area contributed by atoms with E-state index in [2.05, 4.69) is 31.1 Å². The summed E-state index contributed by atoms with van der Waals surface area (Å²) in [6.45, 7) is 1.64. The summed E-state index contributed by atoms with van der Waals surface area (Å²) < 4.78 is 2.32. The molecule has 0 aromatic carbocycles. The van der Waals surface area contributed by atoms with Gasteiger partial charge in [-0.2, -0.15) is 0 Å². The van der Waals surface area contributed by atoms with Crippen LogP contribution in [-0.2, 0) is 0 Å². The zero-order chi connectivity index (χ0) is 9.42. The number of hydrogen-bond acceptors (Lipinski definition) is 4. The van der Waals surface area contributed by atoms with Gasteiger partial charge in [0.2, 0.25) is 0 Å². The van der Waals surface area contributed by atoms with Crippen LogP contribution in [0.4, 0.5) is 0 Å². The topological polar surface area (TPSA) is 63.3 Å². The van der Waals surface area contributed by atoms with E-state index < -0.39 is 6.10 Å². The molecule has 0 aliphatic rings. The van der Waals surface area contributed by atoms with Gasteiger partial charge in [-0.05, 0) is 22.9 Å². The Morgan fingerprint density at radius 2 is 2.31 bits per heavy atom. The van der Waals surface area contributed by atoms with Crippen molar-refractivity contribution in [2.45, 2.75) is 13.0 Å². The highest BCUT2D eigenvalue weighted by molar-refractivity contribution is 9.10. The Bertz CT molecular complexity index is 439. The van der Waals surface area contributed by atoms with E-state index in [9.17, 15) is 5.11 Å². The summed E-state index contributed by atoms with van der Waals surface area (Å²) in [4.78, 5) is 3.99. The molecule has 0 saturated carbocycles. The predicted octanol–water partition coefficient (Wildman–Crippen LogP) is 0.940. The predicted molar refractivity (Wildman–Crippen MR) is 49.1 cm³/mol. The van der Waals surface area contributed by atoms with Crippen LogP contribution in [0.2, 0.25) is 0 Å². The molecule has 2 aromatic heterocycles. The van der Waals surface area contributed by atoms with Crippen LogP contribution < -0.4 is 0 Å². The van der Waals surface area contributed by atoms with Crippen molar-refractivity contribution in [3.63, 3.8) is 0 Å². The summed E-state index contributed by atoms with van der Waals surface area (Å²) in [6.07, 6.45) is 2.69. The molecule has 5 nitrogen and oxygen atoms in total. The van der Waals surface area contributed by atoms with Gasteiger partial charge in [0.25, 0.3) is 0 Å². The summed E-state index contributed by atoms with van der Waals surface area (Å²) in [5, 5.41) is 17.1. The van der Waals surface area contributed by atoms with Gasteiger partial charge in [0, 0.05) is 12.4 Å². The molecular weight excluding hydrogens is 236 g/mol. The van der Waals surface area contributed by atoms with E-state index in [1.54, 1.807) is 23.7 Å². The molecule has 6 heteroatoms. The number of aliphatic hydroxyl groups is 1. The zero-order valence-corrected chi connectivity index (χ0v) is 8.43. The van der Waals surface area contributed by atoms with Gasteiger partial charge in [-0.1, -0.05) is 0 Å². The second-order valence-corrected chi connectivity index (χ2v) is 3.40. The van der Waals surface area contributed by atoms with Crippen molar-refractivity contribution in [1.82, 2.24) is 19.6 Å². The molecule has 1 N–H and O–H groups in total. The lowest BCUT2D eigenvalue weighted by atomic mass is 10.4. The Morgan fingerprint density at radius 1 is 1.54 bits per heavy atom. The second kappa shape index (κ2) is 3.04. The molecular formula is C7H7BrN4O. The fraction of sp³-hybridized carbons (Fsp3) is 0.286. The highest BCUT2D eigenvalue weighted by Crippen LogP contribution is 2.16. The fourth-order valence-corrected chi connectivity index (χ4v) is 1.49. The lowest BCUT2D eigenvalue weighted by Gasteiger charge is -2.00. The molecule has 0 bridgehead atoms. The normalized spacial score (nSPS) is 13.5. The molecule has 0 unspecified atom stereocenters. The number of halogens is 1. The minimum Gasteiger partial charge on any atom is -0.385 e. The van der Waals surface area contributed by atoms with Gasteiger partial charge in [0.05, 0.1) is 0 Å². The summed E-state index contributed by atoms with van der Waals surface area (Å²) >= 11 is 3.24. The van der Waals surface area contributed by atoms with Gasteiger partial charge in [-0.3, -0.25) is 4.40 Å². The largest absolute Gasteiger partial charge is 0.385 e. The first-order valence-corrected chi connectivity index (χ1v) is 4.52. The molecule has 0 spiro atoms. The number of aliphatic hydroxyl groups excluding tert-OH is 1. The average molecular weight is 243 g/mol. The maximum absolute atomic E-state index is 9.34. The molecule has 2 aromatic rings. The van der Waals surface area contributed by atoms with Crippen molar-refractivity contribution >= 4 is 21.6 Å². The van der Waals surface area contributed by atoms with Crippen LogP contribution in [0, 0.1) is 0 Å². The van der Waals surface area contributed by atoms with Crippen LogP contribution in [-0.4, -0.2) is 24.7 Å². The summed E-state index contributed by atoms with van der Waals surface area (Å²) in [6, 6.07) is 0. The highest BCUT2D eigenvalue weighted by Gasteiger charge is 2.11. The quantitative estimate of drug-likeness (QED) is 0.809. The fourth-order valence-electron chi connectivity index (χ4n) is 1.10. The number of hydrogen-bond donors (Lipinski definition) is 1. The van der Waals surface area contributed by atoms with Crippen molar-refractivity contribution < 1.29 is 5.11 Å². The maximum Gasteiger partial charge on any atom is 0.194 e. The molecule has 2 rings (SSSR count). The van der Waals surface area contributed by atoms with E-state index in [4.69, 9.17) is 0 Å². The summed E-state index contributed by atoms with van der Waals surface area (Å²) in [5.74, 6) is 0.512. The smallest absolute Gasteiger partial charge is 0.194 e. The van der Waals surface area contributed by atoms with Crippen LogP contribution in [0.3, 0.4) is 0 Å². The molecule has 68 valence electrons. The Hall–Kier alpha value is -1.01. The summed E-state index contributed by atoms with van der Waals surface area (Å²) in [7, 11) is 0.